The van der Waals surface area contributed by atoms with Gasteiger partial charge in [0.2, 0.25) is 0 Å². The minimum Gasteiger partial charge on any atom is -0.204 e. The first-order chi connectivity index (χ1) is 7.38. The third-order valence-corrected chi connectivity index (χ3v) is 2.07. The number of allylic oxidation sites excluding steroid dienone is 2. The molecule has 0 aliphatic rings. The monoisotopic (exact) mass is 248 g/mol. The zero-order chi connectivity index (χ0) is 12.2. The van der Waals surface area contributed by atoms with Crippen LogP contribution in [0.15, 0.2) is 35.8 Å². The van der Waals surface area contributed by atoms with Gasteiger partial charge in [0, 0.05) is 0 Å². The standard InChI is InChI=1S/C10H7F3O2S/c11-9-5-4-8(7-10(9)12)3-1-2-6-16(13,14)15/h1-7H/b3-1+,6-2+. The van der Waals surface area contributed by atoms with Gasteiger partial charge in [0.25, 0.3) is 0 Å². The van der Waals surface area contributed by atoms with Crippen molar-refractivity contribution in [3.8, 4) is 0 Å². The van der Waals surface area contributed by atoms with Gasteiger partial charge in [0.05, 0.1) is 5.41 Å². The molecule has 0 bridgehead atoms. The zero-order valence-electron chi connectivity index (χ0n) is 7.90. The molecular weight excluding hydrogens is 241 g/mol. The van der Waals surface area contributed by atoms with Gasteiger partial charge < -0.3 is 0 Å². The van der Waals surface area contributed by atoms with Crippen molar-refractivity contribution in [2.75, 3.05) is 0 Å². The number of halogens is 3. The summed E-state index contributed by atoms with van der Waals surface area (Å²) in [5.74, 6) is -1.98. The van der Waals surface area contributed by atoms with Crippen LogP contribution in [-0.4, -0.2) is 8.42 Å². The number of hydrogen-bond acceptors (Lipinski definition) is 2. The van der Waals surface area contributed by atoms with E-state index in [-0.39, 0.29) is 0 Å². The van der Waals surface area contributed by atoms with Crippen molar-refractivity contribution in [3.63, 3.8) is 0 Å². The highest BCUT2D eigenvalue weighted by Gasteiger charge is 1.99. The summed E-state index contributed by atoms with van der Waals surface area (Å²) in [6.07, 6.45) is 3.45. The molecule has 0 N–H and O–H groups in total. The Morgan fingerprint density at radius 2 is 1.75 bits per heavy atom. The number of benzene rings is 1. The molecule has 0 aliphatic heterocycles. The van der Waals surface area contributed by atoms with Gasteiger partial charge in [0.15, 0.2) is 11.6 Å². The maximum Gasteiger partial charge on any atom is 0.325 e. The maximum absolute atomic E-state index is 12.7. The lowest BCUT2D eigenvalue weighted by molar-refractivity contribution is 0.508. The highest BCUT2D eigenvalue weighted by molar-refractivity contribution is 7.89. The van der Waals surface area contributed by atoms with Gasteiger partial charge in [-0.1, -0.05) is 18.2 Å². The van der Waals surface area contributed by atoms with E-state index in [1.807, 2.05) is 0 Å². The summed E-state index contributed by atoms with van der Waals surface area (Å²) in [6, 6.07) is 3.17. The van der Waals surface area contributed by atoms with E-state index in [4.69, 9.17) is 0 Å². The van der Waals surface area contributed by atoms with Gasteiger partial charge >= 0.3 is 10.2 Å². The van der Waals surface area contributed by atoms with Crippen LogP contribution in [0.5, 0.6) is 0 Å². The van der Waals surface area contributed by atoms with Gasteiger partial charge in [-0.2, -0.15) is 8.42 Å². The van der Waals surface area contributed by atoms with Gasteiger partial charge in [-0.15, -0.1) is 3.89 Å². The van der Waals surface area contributed by atoms with E-state index in [2.05, 4.69) is 0 Å². The number of hydrogen-bond donors (Lipinski definition) is 0. The van der Waals surface area contributed by atoms with Gasteiger partial charge in [-0.25, -0.2) is 8.78 Å². The molecule has 0 saturated heterocycles. The molecule has 0 fully saturated rings. The average Bonchev–Trinajstić information content (AvgIpc) is 2.17. The second-order valence-electron chi connectivity index (χ2n) is 2.84. The van der Waals surface area contributed by atoms with E-state index < -0.39 is 21.9 Å². The van der Waals surface area contributed by atoms with E-state index in [0.29, 0.717) is 11.0 Å². The van der Waals surface area contributed by atoms with E-state index in [9.17, 15) is 21.1 Å². The molecule has 0 saturated carbocycles. The topological polar surface area (TPSA) is 34.1 Å². The zero-order valence-corrected chi connectivity index (χ0v) is 8.72. The molecule has 0 heterocycles. The molecule has 1 rings (SSSR count). The van der Waals surface area contributed by atoms with E-state index in [1.165, 1.54) is 18.2 Å². The first-order valence-electron chi connectivity index (χ1n) is 4.13. The predicted octanol–water partition coefficient (Wildman–Crippen LogP) is 2.79. The third kappa shape index (κ3) is 4.31. The second kappa shape index (κ2) is 4.98. The summed E-state index contributed by atoms with van der Waals surface area (Å²) in [5.41, 5.74) is 0.333. The van der Waals surface area contributed by atoms with E-state index in [0.717, 1.165) is 18.2 Å². The summed E-state index contributed by atoms with van der Waals surface area (Å²) in [6.45, 7) is 0. The molecule has 0 aliphatic carbocycles. The molecule has 0 radical (unpaired) electrons. The van der Waals surface area contributed by atoms with Crippen molar-refractivity contribution < 1.29 is 21.1 Å². The summed E-state index contributed by atoms with van der Waals surface area (Å²) in [5, 5.41) is 0.351. The summed E-state index contributed by atoms with van der Waals surface area (Å²) >= 11 is 0. The molecule has 0 aromatic heterocycles. The van der Waals surface area contributed by atoms with Crippen LogP contribution in [-0.2, 0) is 10.2 Å². The Balaban J connectivity index is 2.78. The molecule has 0 atom stereocenters. The Bertz CT molecular complexity index is 533. The number of rotatable bonds is 3. The second-order valence-corrected chi connectivity index (χ2v) is 4.06. The third-order valence-electron chi connectivity index (χ3n) is 1.58. The average molecular weight is 248 g/mol. The van der Waals surface area contributed by atoms with Crippen LogP contribution in [0.2, 0.25) is 0 Å². The van der Waals surface area contributed by atoms with Crippen molar-refractivity contribution >= 4 is 16.3 Å². The predicted molar refractivity (Wildman–Crippen MR) is 54.6 cm³/mol. The van der Waals surface area contributed by atoms with Crippen LogP contribution < -0.4 is 0 Å². The molecule has 0 unspecified atom stereocenters. The first-order valence-corrected chi connectivity index (χ1v) is 5.57. The van der Waals surface area contributed by atoms with Crippen LogP contribution >= 0.6 is 0 Å². The Morgan fingerprint density at radius 3 is 2.31 bits per heavy atom. The highest BCUT2D eigenvalue weighted by atomic mass is 32.3. The SMILES string of the molecule is O=S(=O)(F)/C=C/C=C/c1ccc(F)c(F)c1. The molecule has 6 heteroatoms. The fourth-order valence-corrected chi connectivity index (χ4v) is 1.20. The molecule has 16 heavy (non-hydrogen) atoms. The lowest BCUT2D eigenvalue weighted by Gasteiger charge is -1.94. The fourth-order valence-electron chi connectivity index (χ4n) is 0.922. The Kier molecular flexibility index (Phi) is 3.89. The lowest BCUT2D eigenvalue weighted by atomic mass is 10.2. The van der Waals surface area contributed by atoms with Crippen LogP contribution in [0.3, 0.4) is 0 Å². The van der Waals surface area contributed by atoms with Crippen molar-refractivity contribution in [2.45, 2.75) is 0 Å². The molecule has 1 aromatic carbocycles. The molecule has 1 aromatic rings. The van der Waals surface area contributed by atoms with E-state index in [1.54, 1.807) is 0 Å². The van der Waals surface area contributed by atoms with Crippen LogP contribution in [0.25, 0.3) is 6.08 Å². The Labute approximate surface area is 90.9 Å². The van der Waals surface area contributed by atoms with Crippen LogP contribution in [0, 0.1) is 11.6 Å². The van der Waals surface area contributed by atoms with Gasteiger partial charge in [0.1, 0.15) is 0 Å². The van der Waals surface area contributed by atoms with Gasteiger partial charge in [-0.05, 0) is 23.8 Å². The van der Waals surface area contributed by atoms with Crippen molar-refractivity contribution in [2.24, 2.45) is 0 Å². The quantitative estimate of drug-likeness (QED) is 0.609. The largest absolute Gasteiger partial charge is 0.325 e. The normalized spacial score (nSPS) is 12.7. The smallest absolute Gasteiger partial charge is 0.204 e. The highest BCUT2D eigenvalue weighted by Crippen LogP contribution is 2.10. The Morgan fingerprint density at radius 1 is 1.06 bits per heavy atom. The lowest BCUT2D eigenvalue weighted by Crippen LogP contribution is -1.83. The molecule has 0 spiro atoms. The first kappa shape index (κ1) is 12.5. The van der Waals surface area contributed by atoms with Crippen LogP contribution in [0.4, 0.5) is 12.7 Å². The van der Waals surface area contributed by atoms with Crippen molar-refractivity contribution in [1.82, 2.24) is 0 Å². The summed E-state index contributed by atoms with van der Waals surface area (Å²) < 4.78 is 57.3. The minimum absolute atomic E-state index is 0.333. The van der Waals surface area contributed by atoms with Crippen molar-refractivity contribution in [1.29, 1.82) is 0 Å². The summed E-state index contributed by atoms with van der Waals surface area (Å²) in [7, 11) is -4.66. The fraction of sp³-hybridized carbons (Fsp3) is 0. The molecule has 86 valence electrons. The minimum atomic E-state index is -4.66. The Hall–Kier alpha value is -1.56. The maximum atomic E-state index is 12.7. The van der Waals surface area contributed by atoms with Crippen molar-refractivity contribution in [3.05, 3.63) is 53.0 Å². The molecule has 0 amide bonds. The molecular formula is C10H7F3O2S. The van der Waals surface area contributed by atoms with Crippen LogP contribution in [0.1, 0.15) is 5.56 Å². The molecule has 2 nitrogen and oxygen atoms in total. The van der Waals surface area contributed by atoms with E-state index >= 15 is 0 Å². The van der Waals surface area contributed by atoms with Gasteiger partial charge in [-0.3, -0.25) is 0 Å². The summed E-state index contributed by atoms with van der Waals surface area (Å²) in [4.78, 5) is 0.